The Hall–Kier alpha value is -4.00. The van der Waals surface area contributed by atoms with Crippen molar-refractivity contribution in [2.75, 3.05) is 16.3 Å². The number of rotatable bonds is 5. The van der Waals surface area contributed by atoms with E-state index < -0.39 is 0 Å². The minimum absolute atomic E-state index is 0.0509. The maximum absolute atomic E-state index is 13.7. The summed E-state index contributed by atoms with van der Waals surface area (Å²) < 4.78 is 0. The molecule has 2 heterocycles. The number of pyridine rings is 1. The Bertz CT molecular complexity index is 1200. The molecule has 0 saturated heterocycles. The topological polar surface area (TPSA) is 82.6 Å². The van der Waals surface area contributed by atoms with E-state index in [9.17, 15) is 14.4 Å². The normalized spacial score (nSPS) is 19.2. The number of anilines is 2. The predicted octanol–water partition coefficient (Wildman–Crippen LogP) is 3.56. The molecule has 5 rings (SSSR count). The molecule has 1 aliphatic heterocycles. The van der Waals surface area contributed by atoms with E-state index in [0.29, 0.717) is 17.8 Å². The van der Waals surface area contributed by atoms with Gasteiger partial charge in [0.2, 0.25) is 11.8 Å². The molecule has 2 aromatic carbocycles. The number of nitrogens with one attached hydrogen (secondary N) is 1. The number of aromatic nitrogens is 1. The number of hydrogen-bond donors (Lipinski definition) is 1. The molecule has 7 nitrogen and oxygen atoms in total. The fourth-order valence-corrected chi connectivity index (χ4v) is 5.03. The second-order valence-corrected chi connectivity index (χ2v) is 8.69. The van der Waals surface area contributed by atoms with E-state index in [1.54, 1.807) is 17.0 Å². The monoisotopic (exact) mass is 454 g/mol. The van der Waals surface area contributed by atoms with E-state index in [-0.39, 0.29) is 36.2 Å². The molecule has 3 aromatic rings. The number of nitrogens with zero attached hydrogens (tertiary/aromatic N) is 3. The van der Waals surface area contributed by atoms with Crippen LogP contribution in [-0.2, 0) is 16.1 Å². The molecule has 2 atom stereocenters. The highest BCUT2D eigenvalue weighted by Crippen LogP contribution is 2.43. The Morgan fingerprint density at radius 3 is 2.38 bits per heavy atom. The molecule has 1 fully saturated rings. The molecule has 0 spiro atoms. The molecular weight excluding hydrogens is 428 g/mol. The Labute approximate surface area is 198 Å². The molecule has 1 saturated carbocycles. The molecule has 1 aliphatic carbocycles. The van der Waals surface area contributed by atoms with Crippen molar-refractivity contribution >= 4 is 29.1 Å². The van der Waals surface area contributed by atoms with Gasteiger partial charge in [-0.05, 0) is 42.7 Å². The molecule has 0 bridgehead atoms. The minimum Gasteiger partial charge on any atom is -0.343 e. The average molecular weight is 455 g/mol. The summed E-state index contributed by atoms with van der Waals surface area (Å²) >= 11 is 0. The van der Waals surface area contributed by atoms with Crippen molar-refractivity contribution in [1.82, 2.24) is 10.3 Å². The molecule has 0 radical (unpaired) electrons. The molecule has 172 valence electrons. The lowest BCUT2D eigenvalue weighted by Crippen LogP contribution is -2.48. The van der Waals surface area contributed by atoms with Crippen LogP contribution in [0, 0.1) is 5.92 Å². The highest BCUT2D eigenvalue weighted by Gasteiger charge is 2.45. The van der Waals surface area contributed by atoms with Crippen LogP contribution in [0.1, 0.15) is 35.2 Å². The van der Waals surface area contributed by atoms with Crippen LogP contribution in [-0.4, -0.2) is 35.3 Å². The number of hydrogen-bond acceptors (Lipinski definition) is 4. The summed E-state index contributed by atoms with van der Waals surface area (Å²) in [6.07, 6.45) is 5.47. The van der Waals surface area contributed by atoms with E-state index in [1.807, 2.05) is 59.5 Å². The van der Waals surface area contributed by atoms with Crippen molar-refractivity contribution in [3.05, 3.63) is 90.3 Å². The Morgan fingerprint density at radius 1 is 0.912 bits per heavy atom. The zero-order valence-corrected chi connectivity index (χ0v) is 18.8. The first-order valence-corrected chi connectivity index (χ1v) is 11.6. The van der Waals surface area contributed by atoms with Gasteiger partial charge in [0, 0.05) is 24.0 Å². The number of para-hydroxylation sites is 2. The second kappa shape index (κ2) is 9.47. The highest BCUT2D eigenvalue weighted by atomic mass is 16.2. The second-order valence-electron chi connectivity index (χ2n) is 8.69. The Kier molecular flexibility index (Phi) is 6.08. The van der Waals surface area contributed by atoms with Gasteiger partial charge in [0.25, 0.3) is 5.91 Å². The minimum atomic E-state index is -0.330. The number of amides is 3. The maximum atomic E-state index is 13.7. The largest absolute Gasteiger partial charge is 0.343 e. The summed E-state index contributed by atoms with van der Waals surface area (Å²) in [4.78, 5) is 47.3. The SMILES string of the molecule is O=C(NCC(=O)N1c2ccccc2N(Cc2ccccc2)C(=O)C2CCCC21)c1ccncc1. The van der Waals surface area contributed by atoms with Crippen LogP contribution in [0.4, 0.5) is 11.4 Å². The van der Waals surface area contributed by atoms with Crippen molar-refractivity contribution in [2.45, 2.75) is 31.8 Å². The van der Waals surface area contributed by atoms with Crippen LogP contribution >= 0.6 is 0 Å². The van der Waals surface area contributed by atoms with Crippen molar-refractivity contribution in [3.8, 4) is 0 Å². The summed E-state index contributed by atoms with van der Waals surface area (Å²) in [6.45, 7) is 0.298. The highest BCUT2D eigenvalue weighted by molar-refractivity contribution is 6.08. The molecule has 1 aromatic heterocycles. The van der Waals surface area contributed by atoms with Crippen LogP contribution in [0.2, 0.25) is 0 Å². The summed E-state index contributed by atoms with van der Waals surface area (Å²) in [5.74, 6) is -0.768. The molecule has 7 heteroatoms. The van der Waals surface area contributed by atoms with Crippen LogP contribution in [0.5, 0.6) is 0 Å². The Balaban J connectivity index is 1.46. The van der Waals surface area contributed by atoms with Gasteiger partial charge in [0.1, 0.15) is 0 Å². The van der Waals surface area contributed by atoms with E-state index in [1.165, 1.54) is 12.4 Å². The smallest absolute Gasteiger partial charge is 0.251 e. The maximum Gasteiger partial charge on any atom is 0.251 e. The van der Waals surface area contributed by atoms with Gasteiger partial charge in [-0.3, -0.25) is 19.4 Å². The molecule has 3 amide bonds. The zero-order chi connectivity index (χ0) is 23.5. The fraction of sp³-hybridized carbons (Fsp3) is 0.259. The summed E-state index contributed by atoms with van der Waals surface area (Å²) in [7, 11) is 0. The fourth-order valence-electron chi connectivity index (χ4n) is 5.03. The van der Waals surface area contributed by atoms with Gasteiger partial charge in [-0.25, -0.2) is 0 Å². The van der Waals surface area contributed by atoms with E-state index in [0.717, 1.165) is 30.5 Å². The molecule has 2 aliphatic rings. The van der Waals surface area contributed by atoms with Gasteiger partial charge in [-0.1, -0.05) is 48.9 Å². The molecular formula is C27H26N4O3. The lowest BCUT2D eigenvalue weighted by molar-refractivity contribution is -0.123. The number of fused-ring (bicyclic) bond motifs is 2. The van der Waals surface area contributed by atoms with Crippen molar-refractivity contribution in [3.63, 3.8) is 0 Å². The van der Waals surface area contributed by atoms with Gasteiger partial charge >= 0.3 is 0 Å². The predicted molar refractivity (Wildman–Crippen MR) is 129 cm³/mol. The quantitative estimate of drug-likeness (QED) is 0.639. The molecule has 34 heavy (non-hydrogen) atoms. The average Bonchev–Trinajstić information content (AvgIpc) is 3.33. The van der Waals surface area contributed by atoms with Crippen molar-refractivity contribution < 1.29 is 14.4 Å². The van der Waals surface area contributed by atoms with E-state index >= 15 is 0 Å². The first-order chi connectivity index (χ1) is 16.6. The Morgan fingerprint density at radius 2 is 1.62 bits per heavy atom. The summed E-state index contributed by atoms with van der Waals surface area (Å²) in [5.41, 5.74) is 2.91. The van der Waals surface area contributed by atoms with Crippen LogP contribution < -0.4 is 15.1 Å². The summed E-state index contributed by atoms with van der Waals surface area (Å²) in [6, 6.07) is 20.4. The van der Waals surface area contributed by atoms with Gasteiger partial charge < -0.3 is 15.1 Å². The lowest BCUT2D eigenvalue weighted by Gasteiger charge is -2.30. The van der Waals surface area contributed by atoms with Gasteiger partial charge in [-0.15, -0.1) is 0 Å². The third-order valence-corrected chi connectivity index (χ3v) is 6.62. The zero-order valence-electron chi connectivity index (χ0n) is 18.8. The standard InChI is InChI=1S/C27H26N4O3/c32-25(17-29-26(33)20-13-15-28-16-14-20)31-22-12-6-9-21(22)27(34)30(18-19-7-2-1-3-8-19)23-10-4-5-11-24(23)31/h1-5,7-8,10-11,13-16,21-22H,6,9,12,17-18H2,(H,29,33). The molecule has 1 N–H and O–H groups in total. The third-order valence-electron chi connectivity index (χ3n) is 6.62. The van der Waals surface area contributed by atoms with Gasteiger partial charge in [-0.2, -0.15) is 0 Å². The van der Waals surface area contributed by atoms with E-state index in [2.05, 4.69) is 10.3 Å². The number of carbonyl (C=O) groups excluding carboxylic acids is 3. The van der Waals surface area contributed by atoms with Crippen molar-refractivity contribution in [2.24, 2.45) is 5.92 Å². The van der Waals surface area contributed by atoms with Crippen LogP contribution in [0.25, 0.3) is 0 Å². The first-order valence-electron chi connectivity index (χ1n) is 11.6. The number of benzene rings is 2. The molecule has 2 unspecified atom stereocenters. The van der Waals surface area contributed by atoms with Crippen LogP contribution in [0.3, 0.4) is 0 Å². The van der Waals surface area contributed by atoms with E-state index in [4.69, 9.17) is 0 Å². The first kappa shape index (κ1) is 21.8. The van der Waals surface area contributed by atoms with Gasteiger partial charge in [0.15, 0.2) is 0 Å². The third kappa shape index (κ3) is 4.17. The lowest BCUT2D eigenvalue weighted by atomic mass is 10.0. The van der Waals surface area contributed by atoms with Crippen LogP contribution in [0.15, 0.2) is 79.1 Å². The van der Waals surface area contributed by atoms with Gasteiger partial charge in [0.05, 0.1) is 30.4 Å². The van der Waals surface area contributed by atoms with Crippen molar-refractivity contribution in [1.29, 1.82) is 0 Å². The summed E-state index contributed by atoms with van der Waals surface area (Å²) in [5, 5.41) is 2.73. The number of carbonyl (C=O) groups is 3.